The first-order valence-corrected chi connectivity index (χ1v) is 15.4. The molecule has 1 saturated carbocycles. The molecule has 0 atom stereocenters. The van der Waals surface area contributed by atoms with Crippen LogP contribution in [0.4, 0.5) is 21.9 Å². The van der Waals surface area contributed by atoms with E-state index in [0.29, 0.717) is 40.3 Å². The number of methoxy groups -OCH3 is 1. The number of nitrogens with one attached hydrogen (secondary N) is 2. The second-order valence-corrected chi connectivity index (χ2v) is 11.3. The summed E-state index contributed by atoms with van der Waals surface area (Å²) >= 11 is 6.09. The number of hydrogen-bond acceptors (Lipinski definition) is 6. The Morgan fingerprint density at radius 3 is 2.42 bits per heavy atom. The molecule has 0 unspecified atom stereocenters. The largest absolute Gasteiger partial charge is 0.482 e. The van der Waals surface area contributed by atoms with Gasteiger partial charge in [-0.1, -0.05) is 68.0 Å². The molecule has 10 nitrogen and oxygen atoms in total. The zero-order chi connectivity index (χ0) is 32.2. The number of nitrogens with zero attached hydrogens (tertiary/aromatic N) is 2. The monoisotopic (exact) mass is 634 g/mol. The van der Waals surface area contributed by atoms with Gasteiger partial charge in [0.25, 0.3) is 5.91 Å². The smallest absolute Gasteiger partial charge is 0.337 e. The van der Waals surface area contributed by atoms with E-state index in [-0.39, 0.29) is 30.5 Å². The summed E-state index contributed by atoms with van der Waals surface area (Å²) in [5.74, 6) is -0.259. The average molecular weight is 635 g/mol. The van der Waals surface area contributed by atoms with Crippen LogP contribution in [0.1, 0.15) is 48.9 Å². The topological polar surface area (TPSA) is 117 Å². The summed E-state index contributed by atoms with van der Waals surface area (Å²) < 4.78 is 10.7. The minimum Gasteiger partial charge on any atom is -0.482 e. The number of urea groups is 1. The fourth-order valence-corrected chi connectivity index (χ4v) is 5.49. The zero-order valence-electron chi connectivity index (χ0n) is 25.6. The Kier molecular flexibility index (Phi) is 12.2. The van der Waals surface area contributed by atoms with E-state index < -0.39 is 12.0 Å². The van der Waals surface area contributed by atoms with Crippen LogP contribution in [0.25, 0.3) is 0 Å². The lowest BCUT2D eigenvalue weighted by Crippen LogP contribution is -2.42. The van der Waals surface area contributed by atoms with Crippen molar-refractivity contribution in [1.29, 1.82) is 0 Å². The number of benzene rings is 3. The van der Waals surface area contributed by atoms with Gasteiger partial charge in [0.1, 0.15) is 5.75 Å². The highest BCUT2D eigenvalue weighted by Crippen LogP contribution is 2.31. The molecule has 0 aromatic heterocycles. The van der Waals surface area contributed by atoms with Gasteiger partial charge in [-0.3, -0.25) is 9.59 Å². The number of amides is 4. The normalized spacial score (nSPS) is 13.0. The Balaban J connectivity index is 1.44. The number of halogens is 1. The van der Waals surface area contributed by atoms with Gasteiger partial charge in [0, 0.05) is 30.0 Å². The van der Waals surface area contributed by atoms with Gasteiger partial charge in [0.2, 0.25) is 5.91 Å². The van der Waals surface area contributed by atoms with Crippen molar-refractivity contribution in [3.8, 4) is 5.75 Å². The Hall–Kier alpha value is -4.57. The summed E-state index contributed by atoms with van der Waals surface area (Å²) in [4.78, 5) is 54.2. The van der Waals surface area contributed by atoms with Gasteiger partial charge < -0.3 is 29.9 Å². The molecule has 3 aromatic carbocycles. The second-order valence-electron chi connectivity index (χ2n) is 10.9. The fourth-order valence-electron chi connectivity index (χ4n) is 5.30. The molecule has 0 spiro atoms. The van der Waals surface area contributed by atoms with Crippen LogP contribution >= 0.6 is 11.6 Å². The summed E-state index contributed by atoms with van der Waals surface area (Å²) in [7, 11) is 2.92. The van der Waals surface area contributed by atoms with Gasteiger partial charge in [-0.25, -0.2) is 9.59 Å². The molecule has 11 heteroatoms. The van der Waals surface area contributed by atoms with E-state index in [2.05, 4.69) is 10.6 Å². The van der Waals surface area contributed by atoms with E-state index in [9.17, 15) is 19.2 Å². The number of likely N-dealkylation sites (N-methyl/N-ethyl adjacent to an activating group) is 1. The lowest BCUT2D eigenvalue weighted by atomic mass is 9.87. The van der Waals surface area contributed by atoms with Crippen molar-refractivity contribution in [1.82, 2.24) is 5.32 Å². The standard InChI is InChI=1S/C34H39ClN4O6/c1-38(28-15-9-13-26(35)21-28)32(41)23-45-30-17-7-6-16-29(30)39(19-18-24-10-4-3-5-11-24)31(40)22-36-34(43)37-27-14-8-12-25(20-27)33(42)44-2/h6-9,12-17,20-21,24H,3-5,10-11,18-19,22-23H2,1-2H3,(H2,36,37,43). The van der Waals surface area contributed by atoms with Gasteiger partial charge in [0.05, 0.1) is 24.9 Å². The third-order valence-electron chi connectivity index (χ3n) is 7.81. The maximum atomic E-state index is 13.7. The van der Waals surface area contributed by atoms with E-state index in [4.69, 9.17) is 21.1 Å². The number of carbonyl (C=O) groups is 4. The maximum Gasteiger partial charge on any atom is 0.337 e. The minimum absolute atomic E-state index is 0.254. The molecule has 4 amide bonds. The highest BCUT2D eigenvalue weighted by Gasteiger charge is 2.23. The van der Waals surface area contributed by atoms with Crippen LogP contribution in [0, 0.1) is 5.92 Å². The number of anilines is 3. The molecule has 3 aromatic rings. The van der Waals surface area contributed by atoms with Gasteiger partial charge in [0.15, 0.2) is 6.61 Å². The maximum absolute atomic E-state index is 13.7. The van der Waals surface area contributed by atoms with Crippen molar-refractivity contribution in [2.24, 2.45) is 5.92 Å². The van der Waals surface area contributed by atoms with Crippen LogP contribution in [-0.2, 0) is 14.3 Å². The van der Waals surface area contributed by atoms with E-state index >= 15 is 0 Å². The van der Waals surface area contributed by atoms with Crippen LogP contribution in [0.15, 0.2) is 72.8 Å². The molecule has 1 aliphatic rings. The first-order valence-electron chi connectivity index (χ1n) is 15.0. The van der Waals surface area contributed by atoms with E-state index in [1.165, 1.54) is 37.3 Å². The lowest BCUT2D eigenvalue weighted by molar-refractivity contribution is -0.120. The summed E-state index contributed by atoms with van der Waals surface area (Å²) in [5.41, 5.74) is 1.82. The van der Waals surface area contributed by atoms with Gasteiger partial charge in [-0.2, -0.15) is 0 Å². The summed E-state index contributed by atoms with van der Waals surface area (Å²) in [6, 6.07) is 19.8. The Morgan fingerprint density at radius 2 is 1.67 bits per heavy atom. The van der Waals surface area contributed by atoms with Gasteiger partial charge in [-0.05, 0) is 60.9 Å². The zero-order valence-corrected chi connectivity index (χ0v) is 26.3. The van der Waals surface area contributed by atoms with Crippen LogP contribution < -0.4 is 25.2 Å². The van der Waals surface area contributed by atoms with Gasteiger partial charge in [-0.15, -0.1) is 0 Å². The third kappa shape index (κ3) is 9.71. The summed E-state index contributed by atoms with van der Waals surface area (Å²) in [6.45, 7) is -0.0986. The van der Waals surface area contributed by atoms with Crippen molar-refractivity contribution in [3.63, 3.8) is 0 Å². The molecule has 0 bridgehead atoms. The fraction of sp³-hybridized carbons (Fsp3) is 0.353. The number of hydrogen-bond donors (Lipinski definition) is 2. The SMILES string of the molecule is COC(=O)c1cccc(NC(=O)NCC(=O)N(CCC2CCCCC2)c2ccccc2OCC(=O)N(C)c2cccc(Cl)c2)c1. The molecule has 238 valence electrons. The highest BCUT2D eigenvalue weighted by molar-refractivity contribution is 6.30. The van der Waals surface area contributed by atoms with Gasteiger partial charge >= 0.3 is 12.0 Å². The lowest BCUT2D eigenvalue weighted by Gasteiger charge is -2.29. The van der Waals surface area contributed by atoms with Crippen LogP contribution in [0.5, 0.6) is 5.75 Å². The quantitative estimate of drug-likeness (QED) is 0.226. The molecule has 0 radical (unpaired) electrons. The molecular formula is C34H39ClN4O6. The minimum atomic E-state index is -0.600. The van der Waals surface area contributed by atoms with Crippen LogP contribution in [0.3, 0.4) is 0 Å². The number of para-hydroxylation sites is 2. The molecule has 45 heavy (non-hydrogen) atoms. The highest BCUT2D eigenvalue weighted by atomic mass is 35.5. The Morgan fingerprint density at radius 1 is 0.911 bits per heavy atom. The average Bonchev–Trinajstić information content (AvgIpc) is 3.06. The molecule has 1 fully saturated rings. The number of esters is 1. The molecule has 4 rings (SSSR count). The Bertz CT molecular complexity index is 1490. The number of ether oxygens (including phenoxy) is 2. The molecule has 2 N–H and O–H groups in total. The predicted molar refractivity (Wildman–Crippen MR) is 175 cm³/mol. The molecule has 0 heterocycles. The number of carbonyl (C=O) groups excluding carboxylic acids is 4. The molecular weight excluding hydrogens is 596 g/mol. The van der Waals surface area contributed by atoms with Crippen LogP contribution in [0.2, 0.25) is 5.02 Å². The number of rotatable bonds is 12. The van der Waals surface area contributed by atoms with Crippen LogP contribution in [-0.4, -0.2) is 57.7 Å². The summed E-state index contributed by atoms with van der Waals surface area (Å²) in [5, 5.41) is 5.78. The predicted octanol–water partition coefficient (Wildman–Crippen LogP) is 6.29. The van der Waals surface area contributed by atoms with E-state index in [0.717, 1.165) is 19.3 Å². The summed E-state index contributed by atoms with van der Waals surface area (Å²) in [6.07, 6.45) is 6.64. The third-order valence-corrected chi connectivity index (χ3v) is 8.04. The van der Waals surface area contributed by atoms with Crippen molar-refractivity contribution in [3.05, 3.63) is 83.4 Å². The van der Waals surface area contributed by atoms with E-state index in [1.807, 2.05) is 0 Å². The molecule has 1 aliphatic carbocycles. The first-order chi connectivity index (χ1) is 21.7. The van der Waals surface area contributed by atoms with Crippen molar-refractivity contribution in [2.75, 3.05) is 49.0 Å². The first kappa shape index (κ1) is 33.3. The Labute approximate surface area is 268 Å². The van der Waals surface area contributed by atoms with E-state index in [1.54, 1.807) is 78.7 Å². The van der Waals surface area contributed by atoms with Crippen molar-refractivity contribution < 1.29 is 28.7 Å². The molecule has 0 saturated heterocycles. The second kappa shape index (κ2) is 16.5. The molecule has 0 aliphatic heterocycles. The van der Waals surface area contributed by atoms with Crippen molar-refractivity contribution in [2.45, 2.75) is 38.5 Å². The van der Waals surface area contributed by atoms with Crippen molar-refractivity contribution >= 4 is 52.5 Å².